The van der Waals surface area contributed by atoms with E-state index in [0.29, 0.717) is 5.56 Å². The van der Waals surface area contributed by atoms with E-state index < -0.39 is 0 Å². The summed E-state index contributed by atoms with van der Waals surface area (Å²) in [5.41, 5.74) is 3.12. The zero-order valence-electron chi connectivity index (χ0n) is 23.4. The Balaban J connectivity index is 1.04. The van der Waals surface area contributed by atoms with Gasteiger partial charge in [0.05, 0.1) is 6.04 Å². The van der Waals surface area contributed by atoms with Crippen molar-refractivity contribution in [3.8, 4) is 0 Å². The summed E-state index contributed by atoms with van der Waals surface area (Å²) in [5, 5.41) is 7.91. The molecule has 6 rings (SSSR count). The molecule has 5 heterocycles. The molecule has 2 aromatic heterocycles. The fourth-order valence-electron chi connectivity index (χ4n) is 6.20. The molecule has 0 saturated carbocycles. The average molecular weight is 592 g/mol. The van der Waals surface area contributed by atoms with Gasteiger partial charge in [0.25, 0.3) is 5.91 Å². The van der Waals surface area contributed by atoms with Gasteiger partial charge in [-0.1, -0.05) is 17.8 Å². The number of hydrogen-bond donors (Lipinski definition) is 1. The number of carbonyl (C=O) groups is 2. The number of carbonyl (C=O) groups excluding carboxylic acids is 2. The van der Waals surface area contributed by atoms with Crippen LogP contribution in [-0.4, -0.2) is 83.6 Å². The van der Waals surface area contributed by atoms with Crippen molar-refractivity contribution in [3.05, 3.63) is 76.1 Å². The summed E-state index contributed by atoms with van der Waals surface area (Å²) in [6.45, 7) is 5.08. The van der Waals surface area contributed by atoms with Crippen molar-refractivity contribution in [2.75, 3.05) is 39.9 Å². The summed E-state index contributed by atoms with van der Waals surface area (Å²) in [6, 6.07) is 14.9. The number of nitrogens with one attached hydrogen (secondary N) is 1. The molecule has 3 aliphatic rings. The van der Waals surface area contributed by atoms with Gasteiger partial charge in [-0.2, -0.15) is 11.3 Å². The topological polar surface area (TPSA) is 78.0 Å². The fourth-order valence-corrected chi connectivity index (χ4v) is 7.66. The minimum absolute atomic E-state index is 0.0840. The maximum Gasteiger partial charge on any atom is 0.321 e. The SMILES string of the molecule is CNC(=O)c1ccc(Sc2ccc(CN3CCC(N4C(=O)N(C5CCOCC5)C[C@H]4c4ccsc4)CC3)cn2)cc1. The molecule has 0 aliphatic carbocycles. The number of ether oxygens (including phenoxy) is 1. The molecule has 3 fully saturated rings. The van der Waals surface area contributed by atoms with E-state index in [1.54, 1.807) is 30.1 Å². The second-order valence-electron chi connectivity index (χ2n) is 11.0. The van der Waals surface area contributed by atoms with Crippen LogP contribution in [0.3, 0.4) is 0 Å². The standard InChI is InChI=1S/C31H37N5O3S2/c1-32-30(37)23-3-5-27(6-4-23)41-29-7-2-22(18-33-29)19-34-13-8-26(9-14-34)36-28(24-12-17-40-21-24)20-35(31(36)38)25-10-15-39-16-11-25/h2-7,12,17-18,21,25-26,28H,8-11,13-16,19-20H2,1H3,(H,32,37)/t28-/m0/s1. The number of nitrogens with zero attached hydrogens (tertiary/aromatic N) is 4. The lowest BCUT2D eigenvalue weighted by molar-refractivity contribution is 0.0493. The zero-order chi connectivity index (χ0) is 28.2. The van der Waals surface area contributed by atoms with E-state index in [9.17, 15) is 9.59 Å². The fraction of sp³-hybridized carbons (Fsp3) is 0.452. The van der Waals surface area contributed by atoms with Crippen LogP contribution in [0.1, 0.15) is 53.2 Å². The van der Waals surface area contributed by atoms with Crippen LogP contribution in [0.4, 0.5) is 4.79 Å². The summed E-state index contributed by atoms with van der Waals surface area (Å²) in [4.78, 5) is 38.1. The Morgan fingerprint density at radius 1 is 1.05 bits per heavy atom. The number of amides is 3. The molecule has 3 aliphatic heterocycles. The quantitative estimate of drug-likeness (QED) is 0.384. The van der Waals surface area contributed by atoms with Gasteiger partial charge in [0.15, 0.2) is 0 Å². The highest BCUT2D eigenvalue weighted by atomic mass is 32.2. The van der Waals surface area contributed by atoms with Gasteiger partial charge in [-0.25, -0.2) is 9.78 Å². The lowest BCUT2D eigenvalue weighted by Gasteiger charge is -2.39. The Bertz CT molecular complexity index is 1300. The third kappa shape index (κ3) is 6.45. The highest BCUT2D eigenvalue weighted by molar-refractivity contribution is 7.99. The average Bonchev–Trinajstić information content (AvgIpc) is 3.67. The van der Waals surface area contributed by atoms with E-state index in [4.69, 9.17) is 4.74 Å². The smallest absolute Gasteiger partial charge is 0.321 e. The number of benzene rings is 1. The first-order valence-corrected chi connectivity index (χ1v) is 16.2. The molecular formula is C31H37N5O3S2. The summed E-state index contributed by atoms with van der Waals surface area (Å²) < 4.78 is 5.57. The van der Waals surface area contributed by atoms with Gasteiger partial charge < -0.3 is 19.9 Å². The lowest BCUT2D eigenvalue weighted by Crippen LogP contribution is -2.48. The van der Waals surface area contributed by atoms with Crippen molar-refractivity contribution in [3.63, 3.8) is 0 Å². The van der Waals surface area contributed by atoms with Crippen LogP contribution in [0.25, 0.3) is 0 Å². The van der Waals surface area contributed by atoms with Gasteiger partial charge in [0, 0.05) is 75.2 Å². The van der Waals surface area contributed by atoms with Gasteiger partial charge in [0.1, 0.15) is 5.03 Å². The third-order valence-corrected chi connectivity index (χ3v) is 10.1. The Kier molecular flexibility index (Phi) is 8.90. The molecule has 1 N–H and O–H groups in total. The summed E-state index contributed by atoms with van der Waals surface area (Å²) in [7, 11) is 1.64. The molecule has 3 aromatic rings. The van der Waals surface area contributed by atoms with Crippen molar-refractivity contribution in [2.24, 2.45) is 0 Å². The number of thiophene rings is 1. The highest BCUT2D eigenvalue weighted by Gasteiger charge is 2.45. The number of rotatable bonds is 8. The molecule has 216 valence electrons. The highest BCUT2D eigenvalue weighted by Crippen LogP contribution is 2.38. The van der Waals surface area contributed by atoms with Crippen LogP contribution in [-0.2, 0) is 11.3 Å². The number of piperidine rings is 1. The van der Waals surface area contributed by atoms with Crippen molar-refractivity contribution in [1.82, 2.24) is 25.0 Å². The maximum absolute atomic E-state index is 13.8. The molecule has 0 bridgehead atoms. The van der Waals surface area contributed by atoms with E-state index in [2.05, 4.69) is 54.0 Å². The molecule has 3 saturated heterocycles. The maximum atomic E-state index is 13.8. The van der Waals surface area contributed by atoms with Crippen LogP contribution in [0.5, 0.6) is 0 Å². The third-order valence-electron chi connectivity index (χ3n) is 8.45. The van der Waals surface area contributed by atoms with E-state index in [1.165, 1.54) is 11.1 Å². The van der Waals surface area contributed by atoms with Crippen molar-refractivity contribution >= 4 is 35.0 Å². The largest absolute Gasteiger partial charge is 0.381 e. The second-order valence-corrected chi connectivity index (χ2v) is 12.8. The summed E-state index contributed by atoms with van der Waals surface area (Å²) >= 11 is 3.30. The molecule has 41 heavy (non-hydrogen) atoms. The molecule has 3 amide bonds. The Morgan fingerprint density at radius 3 is 2.49 bits per heavy atom. The molecule has 0 unspecified atom stereocenters. The second kappa shape index (κ2) is 12.9. The monoisotopic (exact) mass is 591 g/mol. The first-order chi connectivity index (χ1) is 20.1. The van der Waals surface area contributed by atoms with Crippen LogP contribution in [0.2, 0.25) is 0 Å². The van der Waals surface area contributed by atoms with Gasteiger partial charge >= 0.3 is 6.03 Å². The first kappa shape index (κ1) is 28.2. The van der Waals surface area contributed by atoms with E-state index >= 15 is 0 Å². The zero-order valence-corrected chi connectivity index (χ0v) is 25.0. The normalized spacial score (nSPS) is 21.0. The van der Waals surface area contributed by atoms with Gasteiger partial charge in [-0.15, -0.1) is 0 Å². The summed E-state index contributed by atoms with van der Waals surface area (Å²) in [6.07, 6.45) is 5.81. The van der Waals surface area contributed by atoms with Crippen molar-refractivity contribution < 1.29 is 14.3 Å². The van der Waals surface area contributed by atoms with Crippen molar-refractivity contribution in [1.29, 1.82) is 0 Å². The first-order valence-electron chi connectivity index (χ1n) is 14.4. The van der Waals surface area contributed by atoms with E-state index in [1.807, 2.05) is 30.5 Å². The minimum Gasteiger partial charge on any atom is -0.381 e. The summed E-state index contributed by atoms with van der Waals surface area (Å²) in [5.74, 6) is -0.0840. The van der Waals surface area contributed by atoms with E-state index in [-0.39, 0.29) is 30.1 Å². The van der Waals surface area contributed by atoms with E-state index in [0.717, 1.165) is 75.0 Å². The van der Waals surface area contributed by atoms with Gasteiger partial charge in [0.2, 0.25) is 0 Å². The Morgan fingerprint density at radius 2 is 1.83 bits per heavy atom. The van der Waals surface area contributed by atoms with Gasteiger partial charge in [-0.05, 0) is 84.0 Å². The number of likely N-dealkylation sites (tertiary alicyclic amines) is 1. The van der Waals surface area contributed by atoms with Gasteiger partial charge in [-0.3, -0.25) is 9.69 Å². The molecule has 1 atom stereocenters. The number of aromatic nitrogens is 1. The molecule has 0 spiro atoms. The van der Waals surface area contributed by atoms with Crippen molar-refractivity contribution in [2.45, 2.75) is 60.3 Å². The molecule has 8 nitrogen and oxygen atoms in total. The molecule has 10 heteroatoms. The number of urea groups is 1. The minimum atomic E-state index is -0.0840. The van der Waals surface area contributed by atoms with Crippen LogP contribution in [0.15, 0.2) is 69.3 Å². The molecule has 0 radical (unpaired) electrons. The Hall–Kier alpha value is -2.92. The predicted molar refractivity (Wildman–Crippen MR) is 161 cm³/mol. The van der Waals surface area contributed by atoms with Crippen LogP contribution < -0.4 is 5.32 Å². The predicted octanol–water partition coefficient (Wildman–Crippen LogP) is 5.28. The number of hydrogen-bond acceptors (Lipinski definition) is 7. The van der Waals surface area contributed by atoms with Crippen LogP contribution >= 0.6 is 23.1 Å². The number of pyridine rings is 1. The van der Waals surface area contributed by atoms with Crippen LogP contribution in [0, 0.1) is 0 Å². The Labute approximate surface area is 250 Å². The molecule has 1 aromatic carbocycles. The molecular weight excluding hydrogens is 555 g/mol. The lowest BCUT2D eigenvalue weighted by atomic mass is 10.00.